The number of amides is 1. The number of nitrogens with one attached hydrogen (secondary N) is 1. The first-order valence-electron chi connectivity index (χ1n) is 7.54. The van der Waals surface area contributed by atoms with Gasteiger partial charge in [-0.25, -0.2) is 0 Å². The quantitative estimate of drug-likeness (QED) is 0.608. The van der Waals surface area contributed by atoms with E-state index in [1.165, 1.54) is 0 Å². The van der Waals surface area contributed by atoms with Gasteiger partial charge in [0, 0.05) is 17.8 Å². The molecular formula is C18H22N2O2. The third kappa shape index (κ3) is 4.81. The van der Waals surface area contributed by atoms with Gasteiger partial charge in [-0.2, -0.15) is 0 Å². The van der Waals surface area contributed by atoms with Crippen LogP contribution in [0, 0.1) is 0 Å². The predicted octanol–water partition coefficient (Wildman–Crippen LogP) is 3.38. The summed E-state index contributed by atoms with van der Waals surface area (Å²) in [5, 5.41) is 2.89. The average Bonchev–Trinajstić information content (AvgIpc) is 2.53. The number of ether oxygens (including phenoxy) is 1. The second-order valence-electron chi connectivity index (χ2n) is 5.16. The van der Waals surface area contributed by atoms with Gasteiger partial charge < -0.3 is 15.8 Å². The van der Waals surface area contributed by atoms with E-state index in [1.807, 2.05) is 24.3 Å². The van der Waals surface area contributed by atoms with Crippen molar-refractivity contribution in [3.63, 3.8) is 0 Å². The number of rotatable bonds is 7. The molecule has 0 aliphatic carbocycles. The fourth-order valence-corrected chi connectivity index (χ4v) is 2.04. The summed E-state index contributed by atoms with van der Waals surface area (Å²) in [7, 11) is 0. The molecule has 22 heavy (non-hydrogen) atoms. The van der Waals surface area contributed by atoms with E-state index in [-0.39, 0.29) is 5.91 Å². The van der Waals surface area contributed by atoms with Crippen LogP contribution in [-0.4, -0.2) is 12.5 Å². The van der Waals surface area contributed by atoms with Gasteiger partial charge in [-0.1, -0.05) is 31.5 Å². The van der Waals surface area contributed by atoms with Crippen LogP contribution >= 0.6 is 0 Å². The number of nitrogens with two attached hydrogens (primary N) is 1. The van der Waals surface area contributed by atoms with E-state index in [2.05, 4.69) is 12.2 Å². The Morgan fingerprint density at radius 3 is 2.77 bits per heavy atom. The second kappa shape index (κ2) is 8.08. The van der Waals surface area contributed by atoms with E-state index in [1.54, 1.807) is 24.3 Å². The number of carbonyl (C=O) groups is 1. The zero-order valence-corrected chi connectivity index (χ0v) is 12.8. The summed E-state index contributed by atoms with van der Waals surface area (Å²) in [6.45, 7) is 3.31. The van der Waals surface area contributed by atoms with Crippen LogP contribution in [0.3, 0.4) is 0 Å². The van der Waals surface area contributed by atoms with Gasteiger partial charge >= 0.3 is 0 Å². The second-order valence-corrected chi connectivity index (χ2v) is 5.16. The Hall–Kier alpha value is -2.49. The molecule has 2 aromatic carbocycles. The third-order valence-corrected chi connectivity index (χ3v) is 3.27. The summed E-state index contributed by atoms with van der Waals surface area (Å²) >= 11 is 0. The molecule has 116 valence electrons. The van der Waals surface area contributed by atoms with Crippen molar-refractivity contribution in [2.75, 3.05) is 12.3 Å². The van der Waals surface area contributed by atoms with Crippen LogP contribution in [0.5, 0.6) is 5.75 Å². The molecule has 0 unspecified atom stereocenters. The Morgan fingerprint density at radius 1 is 1.18 bits per heavy atom. The third-order valence-electron chi connectivity index (χ3n) is 3.27. The molecular weight excluding hydrogens is 276 g/mol. The highest BCUT2D eigenvalue weighted by atomic mass is 16.5. The van der Waals surface area contributed by atoms with Crippen molar-refractivity contribution in [2.45, 2.75) is 26.3 Å². The van der Waals surface area contributed by atoms with Gasteiger partial charge in [0.15, 0.2) is 0 Å². The predicted molar refractivity (Wildman–Crippen MR) is 88.9 cm³/mol. The molecule has 1 amide bonds. The lowest BCUT2D eigenvalue weighted by atomic mass is 10.1. The maximum atomic E-state index is 12.1. The molecule has 0 aliphatic rings. The molecule has 0 radical (unpaired) electrons. The number of hydrogen-bond acceptors (Lipinski definition) is 3. The Bertz CT molecular complexity index is 626. The smallest absolute Gasteiger partial charge is 0.251 e. The molecule has 0 aliphatic heterocycles. The molecule has 4 nitrogen and oxygen atoms in total. The summed E-state index contributed by atoms with van der Waals surface area (Å²) in [4.78, 5) is 12.1. The van der Waals surface area contributed by atoms with Crippen molar-refractivity contribution in [1.82, 2.24) is 5.32 Å². The molecule has 0 bridgehead atoms. The van der Waals surface area contributed by atoms with Crippen LogP contribution < -0.4 is 15.8 Å². The van der Waals surface area contributed by atoms with Crippen molar-refractivity contribution >= 4 is 11.6 Å². The van der Waals surface area contributed by atoms with Crippen LogP contribution in [0.4, 0.5) is 5.69 Å². The number of unbranched alkanes of at least 4 members (excludes halogenated alkanes) is 1. The lowest BCUT2D eigenvalue weighted by molar-refractivity contribution is 0.0951. The van der Waals surface area contributed by atoms with Gasteiger partial charge in [0.05, 0.1) is 6.61 Å². The fourth-order valence-electron chi connectivity index (χ4n) is 2.04. The molecule has 0 atom stereocenters. The Kier molecular flexibility index (Phi) is 5.83. The molecule has 0 saturated carbocycles. The van der Waals surface area contributed by atoms with Crippen molar-refractivity contribution < 1.29 is 9.53 Å². The molecule has 4 heteroatoms. The number of benzene rings is 2. The van der Waals surface area contributed by atoms with Crippen molar-refractivity contribution in [2.24, 2.45) is 0 Å². The number of carbonyl (C=O) groups excluding carboxylic acids is 1. The number of nitrogen functional groups attached to an aromatic ring is 1. The lowest BCUT2D eigenvalue weighted by Crippen LogP contribution is -2.22. The molecule has 0 spiro atoms. The van der Waals surface area contributed by atoms with E-state index in [9.17, 15) is 4.79 Å². The largest absolute Gasteiger partial charge is 0.494 e. The molecule has 3 N–H and O–H groups in total. The molecule has 0 fully saturated rings. The first-order chi connectivity index (χ1) is 10.7. The molecule has 0 heterocycles. The minimum Gasteiger partial charge on any atom is -0.494 e. The zero-order chi connectivity index (χ0) is 15.8. The summed E-state index contributed by atoms with van der Waals surface area (Å²) < 4.78 is 5.67. The minimum absolute atomic E-state index is 0.135. The highest BCUT2D eigenvalue weighted by Crippen LogP contribution is 2.14. The van der Waals surface area contributed by atoms with E-state index < -0.39 is 0 Å². The summed E-state index contributed by atoms with van der Waals surface area (Å²) in [5.74, 6) is 0.703. The monoisotopic (exact) mass is 298 g/mol. The highest BCUT2D eigenvalue weighted by Gasteiger charge is 2.05. The van der Waals surface area contributed by atoms with Crippen LogP contribution in [0.15, 0.2) is 48.5 Å². The van der Waals surface area contributed by atoms with Crippen LogP contribution in [0.1, 0.15) is 35.7 Å². The van der Waals surface area contributed by atoms with Gasteiger partial charge in [-0.3, -0.25) is 4.79 Å². The van der Waals surface area contributed by atoms with E-state index in [4.69, 9.17) is 10.5 Å². The molecule has 0 aromatic heterocycles. The maximum absolute atomic E-state index is 12.1. The molecule has 2 aromatic rings. The van der Waals surface area contributed by atoms with Crippen LogP contribution in [0.25, 0.3) is 0 Å². The van der Waals surface area contributed by atoms with E-state index in [0.29, 0.717) is 17.8 Å². The Balaban J connectivity index is 1.91. The van der Waals surface area contributed by atoms with Gasteiger partial charge in [0.1, 0.15) is 5.75 Å². The van der Waals surface area contributed by atoms with Crippen molar-refractivity contribution in [3.05, 3.63) is 59.7 Å². The first-order valence-corrected chi connectivity index (χ1v) is 7.54. The van der Waals surface area contributed by atoms with Gasteiger partial charge in [0.25, 0.3) is 5.91 Å². The van der Waals surface area contributed by atoms with Crippen LogP contribution in [0.2, 0.25) is 0 Å². The van der Waals surface area contributed by atoms with Gasteiger partial charge in [0.2, 0.25) is 0 Å². The first kappa shape index (κ1) is 15.9. The van der Waals surface area contributed by atoms with Crippen LogP contribution in [-0.2, 0) is 6.54 Å². The summed E-state index contributed by atoms with van der Waals surface area (Å²) in [5.41, 5.74) is 7.84. The van der Waals surface area contributed by atoms with Gasteiger partial charge in [-0.05, 0) is 42.3 Å². The normalized spacial score (nSPS) is 10.2. The Labute approximate surface area is 131 Å². The molecule has 0 saturated heterocycles. The minimum atomic E-state index is -0.135. The average molecular weight is 298 g/mol. The maximum Gasteiger partial charge on any atom is 0.251 e. The summed E-state index contributed by atoms with van der Waals surface area (Å²) in [6.07, 6.45) is 2.15. The number of hydrogen-bond donors (Lipinski definition) is 2. The standard InChI is InChI=1S/C18H22N2O2/c1-2-3-10-22-17-9-4-6-14(11-17)13-20-18(21)15-7-5-8-16(19)12-15/h4-9,11-12H,2-3,10,13,19H2,1H3,(H,20,21). The van der Waals surface area contributed by atoms with E-state index >= 15 is 0 Å². The zero-order valence-electron chi connectivity index (χ0n) is 12.8. The van der Waals surface area contributed by atoms with Crippen molar-refractivity contribution in [3.8, 4) is 5.75 Å². The van der Waals surface area contributed by atoms with Gasteiger partial charge in [-0.15, -0.1) is 0 Å². The number of anilines is 1. The van der Waals surface area contributed by atoms with Crippen molar-refractivity contribution in [1.29, 1.82) is 0 Å². The molecule has 2 rings (SSSR count). The lowest BCUT2D eigenvalue weighted by Gasteiger charge is -2.09. The topological polar surface area (TPSA) is 64.3 Å². The fraction of sp³-hybridized carbons (Fsp3) is 0.278. The summed E-state index contributed by atoms with van der Waals surface area (Å²) in [6, 6.07) is 14.7. The van der Waals surface area contributed by atoms with E-state index in [0.717, 1.165) is 30.8 Å². The highest BCUT2D eigenvalue weighted by molar-refractivity contribution is 5.94. The SMILES string of the molecule is CCCCOc1cccc(CNC(=O)c2cccc(N)c2)c1. The Morgan fingerprint density at radius 2 is 2.00 bits per heavy atom.